The Kier molecular flexibility index (Phi) is 3.39. The van der Waals surface area contributed by atoms with Gasteiger partial charge in [-0.05, 0) is 30.7 Å². The highest BCUT2D eigenvalue weighted by Gasteiger charge is 2.14. The molecule has 0 fully saturated rings. The minimum Gasteiger partial charge on any atom is -0.507 e. The van der Waals surface area contributed by atoms with E-state index in [1.807, 2.05) is 31.2 Å². The highest BCUT2D eigenvalue weighted by molar-refractivity contribution is 5.61. The maximum absolute atomic E-state index is 13.2. The Balaban J connectivity index is 1.88. The molecule has 0 aliphatic rings. The smallest absolute Gasteiger partial charge is 0.261 e. The maximum Gasteiger partial charge on any atom is 0.261 e. The van der Waals surface area contributed by atoms with E-state index in [0.717, 1.165) is 11.1 Å². The number of aromatic hydroxyl groups is 1. The number of aromatic nitrogens is 2. The number of hydrogen-bond acceptors (Lipinski definition) is 4. The van der Waals surface area contributed by atoms with Crippen LogP contribution in [-0.2, 0) is 6.42 Å². The van der Waals surface area contributed by atoms with Gasteiger partial charge in [0.2, 0.25) is 0 Å². The number of phenolic OH excluding ortho intramolecular Hbond substituents is 1. The first kappa shape index (κ1) is 13.3. The number of aryl methyl sites for hydroxylation is 1. The Morgan fingerprint density at radius 2 is 2.05 bits per heavy atom. The molecule has 1 aromatic heterocycles. The minimum absolute atomic E-state index is 0.0952. The molecule has 4 nitrogen and oxygen atoms in total. The van der Waals surface area contributed by atoms with Crippen LogP contribution in [0.1, 0.15) is 17.0 Å². The molecule has 0 bridgehead atoms. The van der Waals surface area contributed by atoms with E-state index in [-0.39, 0.29) is 17.2 Å². The molecule has 0 saturated heterocycles. The number of rotatable bonds is 3. The van der Waals surface area contributed by atoms with Gasteiger partial charge in [-0.25, -0.2) is 4.39 Å². The summed E-state index contributed by atoms with van der Waals surface area (Å²) in [5, 5.41) is 13.6. The summed E-state index contributed by atoms with van der Waals surface area (Å²) in [4.78, 5) is 4.20. The topological polar surface area (TPSA) is 59.2 Å². The highest BCUT2D eigenvalue weighted by atomic mass is 19.1. The van der Waals surface area contributed by atoms with E-state index in [4.69, 9.17) is 4.52 Å². The van der Waals surface area contributed by atoms with Crippen molar-refractivity contribution < 1.29 is 14.0 Å². The van der Waals surface area contributed by atoms with Crippen molar-refractivity contribution in [2.75, 3.05) is 0 Å². The van der Waals surface area contributed by atoms with Gasteiger partial charge in [0, 0.05) is 6.42 Å². The summed E-state index contributed by atoms with van der Waals surface area (Å²) in [7, 11) is 0. The molecule has 21 heavy (non-hydrogen) atoms. The van der Waals surface area contributed by atoms with Crippen LogP contribution >= 0.6 is 0 Å². The van der Waals surface area contributed by atoms with Crippen LogP contribution in [-0.4, -0.2) is 15.2 Å². The molecule has 0 saturated carbocycles. The van der Waals surface area contributed by atoms with Crippen molar-refractivity contribution in [2.45, 2.75) is 13.3 Å². The number of hydrogen-bond donors (Lipinski definition) is 1. The lowest BCUT2D eigenvalue weighted by Gasteiger charge is -1.99. The number of phenols is 1. The normalized spacial score (nSPS) is 10.8. The van der Waals surface area contributed by atoms with Gasteiger partial charge in [0.15, 0.2) is 5.82 Å². The molecule has 0 amide bonds. The SMILES string of the molecule is Cc1cccc(Cc2noc(-c3cc(F)ccc3O)n2)c1. The second-order valence-electron chi connectivity index (χ2n) is 4.84. The second kappa shape index (κ2) is 5.36. The third-order valence-corrected chi connectivity index (χ3v) is 3.10. The van der Waals surface area contributed by atoms with Gasteiger partial charge in [0.25, 0.3) is 5.89 Å². The lowest BCUT2D eigenvalue weighted by atomic mass is 10.1. The summed E-state index contributed by atoms with van der Waals surface area (Å²) < 4.78 is 18.3. The van der Waals surface area contributed by atoms with E-state index in [1.165, 1.54) is 18.2 Å². The second-order valence-corrected chi connectivity index (χ2v) is 4.84. The van der Waals surface area contributed by atoms with Gasteiger partial charge in [-0.15, -0.1) is 0 Å². The molecule has 0 radical (unpaired) electrons. The molecule has 0 aliphatic carbocycles. The predicted molar refractivity (Wildman–Crippen MR) is 75.3 cm³/mol. The summed E-state index contributed by atoms with van der Waals surface area (Å²) in [5.74, 6) is 0.0253. The van der Waals surface area contributed by atoms with Gasteiger partial charge in [-0.1, -0.05) is 35.0 Å². The van der Waals surface area contributed by atoms with Crippen LogP contribution in [0.5, 0.6) is 5.75 Å². The van der Waals surface area contributed by atoms with Crippen molar-refractivity contribution in [3.05, 3.63) is 65.2 Å². The Morgan fingerprint density at radius 3 is 2.86 bits per heavy atom. The Morgan fingerprint density at radius 1 is 1.19 bits per heavy atom. The van der Waals surface area contributed by atoms with E-state index in [9.17, 15) is 9.50 Å². The summed E-state index contributed by atoms with van der Waals surface area (Å²) in [6.07, 6.45) is 0.515. The Hall–Kier alpha value is -2.69. The molecule has 2 aromatic carbocycles. The summed E-state index contributed by atoms with van der Waals surface area (Å²) in [6.45, 7) is 2.01. The molecule has 5 heteroatoms. The van der Waals surface area contributed by atoms with Crippen LogP contribution in [0.4, 0.5) is 4.39 Å². The van der Waals surface area contributed by atoms with Gasteiger partial charge < -0.3 is 9.63 Å². The molecule has 1 N–H and O–H groups in total. The lowest BCUT2D eigenvalue weighted by molar-refractivity contribution is 0.418. The molecule has 0 aliphatic heterocycles. The van der Waals surface area contributed by atoms with Crippen molar-refractivity contribution in [3.8, 4) is 17.2 Å². The zero-order valence-corrected chi connectivity index (χ0v) is 11.4. The van der Waals surface area contributed by atoms with E-state index in [2.05, 4.69) is 10.1 Å². The molecule has 0 atom stereocenters. The third kappa shape index (κ3) is 2.91. The van der Waals surface area contributed by atoms with Crippen LogP contribution < -0.4 is 0 Å². The lowest BCUT2D eigenvalue weighted by Crippen LogP contribution is -1.91. The minimum atomic E-state index is -0.471. The fourth-order valence-corrected chi connectivity index (χ4v) is 2.12. The van der Waals surface area contributed by atoms with Crippen molar-refractivity contribution in [2.24, 2.45) is 0 Å². The fraction of sp³-hybridized carbons (Fsp3) is 0.125. The third-order valence-electron chi connectivity index (χ3n) is 3.10. The standard InChI is InChI=1S/C16H13FN2O2/c1-10-3-2-4-11(7-10)8-15-18-16(21-19-15)13-9-12(17)5-6-14(13)20/h2-7,9,20H,8H2,1H3. The molecular formula is C16H13FN2O2. The van der Waals surface area contributed by atoms with Crippen LogP contribution in [0, 0.1) is 12.7 Å². The summed E-state index contributed by atoms with van der Waals surface area (Å²) in [5.41, 5.74) is 2.41. The van der Waals surface area contributed by atoms with Crippen molar-refractivity contribution in [1.82, 2.24) is 10.1 Å². The molecule has 3 aromatic rings. The van der Waals surface area contributed by atoms with Gasteiger partial charge in [-0.2, -0.15) is 4.98 Å². The molecular weight excluding hydrogens is 271 g/mol. The van der Waals surface area contributed by atoms with Gasteiger partial charge in [0.1, 0.15) is 11.6 Å². The molecule has 1 heterocycles. The average Bonchev–Trinajstić information content (AvgIpc) is 2.90. The van der Waals surface area contributed by atoms with Crippen LogP contribution in [0.15, 0.2) is 47.0 Å². The Bertz CT molecular complexity index is 783. The van der Waals surface area contributed by atoms with Crippen LogP contribution in [0.2, 0.25) is 0 Å². The van der Waals surface area contributed by atoms with Crippen molar-refractivity contribution in [1.29, 1.82) is 0 Å². The fourth-order valence-electron chi connectivity index (χ4n) is 2.12. The quantitative estimate of drug-likeness (QED) is 0.800. The van der Waals surface area contributed by atoms with Crippen LogP contribution in [0.25, 0.3) is 11.5 Å². The number of nitrogens with zero attached hydrogens (tertiary/aromatic N) is 2. The first-order chi connectivity index (χ1) is 10.1. The molecule has 0 unspecified atom stereocenters. The zero-order chi connectivity index (χ0) is 14.8. The van der Waals surface area contributed by atoms with Gasteiger partial charge >= 0.3 is 0 Å². The van der Waals surface area contributed by atoms with Crippen molar-refractivity contribution in [3.63, 3.8) is 0 Å². The van der Waals surface area contributed by atoms with Gasteiger partial charge in [0.05, 0.1) is 5.56 Å². The van der Waals surface area contributed by atoms with E-state index in [0.29, 0.717) is 12.2 Å². The largest absolute Gasteiger partial charge is 0.507 e. The van der Waals surface area contributed by atoms with Gasteiger partial charge in [-0.3, -0.25) is 0 Å². The predicted octanol–water partition coefficient (Wildman–Crippen LogP) is 3.48. The van der Waals surface area contributed by atoms with E-state index < -0.39 is 5.82 Å². The molecule has 106 valence electrons. The highest BCUT2D eigenvalue weighted by Crippen LogP contribution is 2.28. The first-order valence-corrected chi connectivity index (χ1v) is 6.49. The maximum atomic E-state index is 13.2. The number of benzene rings is 2. The zero-order valence-electron chi connectivity index (χ0n) is 11.4. The molecule has 0 spiro atoms. The average molecular weight is 284 g/mol. The summed E-state index contributed by atoms with van der Waals surface area (Å²) in [6, 6.07) is 11.6. The summed E-state index contributed by atoms with van der Waals surface area (Å²) >= 11 is 0. The van der Waals surface area contributed by atoms with Crippen LogP contribution in [0.3, 0.4) is 0 Å². The first-order valence-electron chi connectivity index (χ1n) is 6.49. The number of halogens is 1. The van der Waals surface area contributed by atoms with E-state index in [1.54, 1.807) is 0 Å². The van der Waals surface area contributed by atoms with Crippen molar-refractivity contribution >= 4 is 0 Å². The molecule has 3 rings (SSSR count). The van der Waals surface area contributed by atoms with E-state index >= 15 is 0 Å². The monoisotopic (exact) mass is 284 g/mol. The Labute approximate surface area is 120 Å².